The highest BCUT2D eigenvalue weighted by molar-refractivity contribution is 14.1. The van der Waals surface area contributed by atoms with E-state index in [-0.39, 0.29) is 6.04 Å². The van der Waals surface area contributed by atoms with Gasteiger partial charge in [-0.25, -0.2) is 0 Å². The Hall–Kier alpha value is -0.400. The van der Waals surface area contributed by atoms with Gasteiger partial charge in [0.15, 0.2) is 0 Å². The van der Waals surface area contributed by atoms with Crippen LogP contribution in [-0.2, 0) is 0 Å². The molecule has 1 heterocycles. The minimum atomic E-state index is -0.669. The number of hydrogen-bond donors (Lipinski definition) is 1. The molecule has 5 heteroatoms. The van der Waals surface area contributed by atoms with Crippen LogP contribution < -0.4 is 0 Å². The Kier molecular flexibility index (Phi) is 4.45. The van der Waals surface area contributed by atoms with E-state index in [1.807, 2.05) is 42.8 Å². The molecule has 2 rings (SSSR count). The first-order valence-electron chi connectivity index (χ1n) is 5.67. The van der Waals surface area contributed by atoms with Crippen molar-refractivity contribution in [2.75, 3.05) is 0 Å². The van der Waals surface area contributed by atoms with E-state index in [9.17, 15) is 5.11 Å². The predicted molar refractivity (Wildman–Crippen MR) is 83.5 cm³/mol. The van der Waals surface area contributed by atoms with E-state index >= 15 is 0 Å². The van der Waals surface area contributed by atoms with E-state index in [1.54, 1.807) is 6.20 Å². The molecule has 0 aliphatic carbocycles. The third-order valence-electron chi connectivity index (χ3n) is 2.73. The molecule has 1 aromatic heterocycles. The van der Waals surface area contributed by atoms with E-state index in [4.69, 9.17) is 0 Å². The van der Waals surface area contributed by atoms with Crippen LogP contribution in [0.3, 0.4) is 0 Å². The van der Waals surface area contributed by atoms with E-state index in [2.05, 4.69) is 43.6 Å². The fourth-order valence-corrected chi connectivity index (χ4v) is 3.03. The molecule has 18 heavy (non-hydrogen) atoms. The molecule has 0 amide bonds. The first kappa shape index (κ1) is 14.0. The minimum Gasteiger partial charge on any atom is -0.382 e. The lowest BCUT2D eigenvalue weighted by molar-refractivity contribution is 0.203. The second-order valence-corrected chi connectivity index (χ2v) is 6.36. The summed E-state index contributed by atoms with van der Waals surface area (Å²) in [6, 6.07) is 8.04. The maximum Gasteiger partial charge on any atom is 0.123 e. The molecule has 0 radical (unpaired) electrons. The van der Waals surface area contributed by atoms with Gasteiger partial charge in [-0.05, 0) is 64.0 Å². The van der Waals surface area contributed by atoms with Gasteiger partial charge in [0.25, 0.3) is 0 Å². The standard InChI is InChI=1S/C13H14BrIN2O/c1-8(2)17-12(10(14)7-16-17)13(18)9-5-3-4-6-11(9)15/h3-8,13,18H,1-2H3. The molecule has 1 atom stereocenters. The quantitative estimate of drug-likeness (QED) is 0.764. The summed E-state index contributed by atoms with van der Waals surface area (Å²) >= 11 is 5.70. The minimum absolute atomic E-state index is 0.210. The molecule has 1 N–H and O–H groups in total. The highest BCUT2D eigenvalue weighted by Gasteiger charge is 2.22. The van der Waals surface area contributed by atoms with Crippen molar-refractivity contribution in [3.8, 4) is 0 Å². The van der Waals surface area contributed by atoms with Crippen molar-refractivity contribution in [2.24, 2.45) is 0 Å². The van der Waals surface area contributed by atoms with E-state index in [0.29, 0.717) is 0 Å². The Morgan fingerprint density at radius 1 is 1.33 bits per heavy atom. The second kappa shape index (κ2) is 5.71. The zero-order valence-corrected chi connectivity index (χ0v) is 13.9. The number of benzene rings is 1. The summed E-state index contributed by atoms with van der Waals surface area (Å²) in [6.07, 6.45) is 1.06. The van der Waals surface area contributed by atoms with Gasteiger partial charge in [-0.15, -0.1) is 0 Å². The summed E-state index contributed by atoms with van der Waals surface area (Å²) < 4.78 is 3.73. The largest absolute Gasteiger partial charge is 0.382 e. The third kappa shape index (κ3) is 2.62. The number of halogens is 2. The maximum absolute atomic E-state index is 10.6. The average molecular weight is 421 g/mol. The first-order chi connectivity index (χ1) is 8.52. The molecule has 0 saturated heterocycles. The Morgan fingerprint density at radius 2 is 2.00 bits per heavy atom. The van der Waals surface area contributed by atoms with E-state index in [1.165, 1.54) is 0 Å². The summed E-state index contributed by atoms with van der Waals surface area (Å²) in [7, 11) is 0. The molecule has 0 saturated carbocycles. The molecule has 1 aromatic carbocycles. The number of rotatable bonds is 3. The fraction of sp³-hybridized carbons (Fsp3) is 0.308. The van der Waals surface area contributed by atoms with Crippen LogP contribution in [0.2, 0.25) is 0 Å². The molecular weight excluding hydrogens is 407 g/mol. The molecule has 3 nitrogen and oxygen atoms in total. The molecule has 0 bridgehead atoms. The van der Waals surface area contributed by atoms with Crippen LogP contribution in [0.5, 0.6) is 0 Å². The molecule has 0 spiro atoms. The van der Waals surface area contributed by atoms with Crippen LogP contribution in [0.15, 0.2) is 34.9 Å². The van der Waals surface area contributed by atoms with Crippen molar-refractivity contribution in [1.29, 1.82) is 0 Å². The molecule has 0 fully saturated rings. The lowest BCUT2D eigenvalue weighted by Gasteiger charge is -2.18. The van der Waals surface area contributed by atoms with Gasteiger partial charge in [0.2, 0.25) is 0 Å². The van der Waals surface area contributed by atoms with Crippen molar-refractivity contribution >= 4 is 38.5 Å². The van der Waals surface area contributed by atoms with E-state index in [0.717, 1.165) is 19.3 Å². The Labute approximate surface area is 128 Å². The third-order valence-corrected chi connectivity index (χ3v) is 4.33. The number of hydrogen-bond acceptors (Lipinski definition) is 2. The van der Waals surface area contributed by atoms with Crippen LogP contribution in [-0.4, -0.2) is 14.9 Å². The molecule has 0 aliphatic heterocycles. The summed E-state index contributed by atoms with van der Waals surface area (Å²) in [5.74, 6) is 0. The highest BCUT2D eigenvalue weighted by Crippen LogP contribution is 2.32. The molecule has 96 valence electrons. The van der Waals surface area contributed by atoms with Gasteiger partial charge in [0, 0.05) is 9.61 Å². The zero-order valence-electron chi connectivity index (χ0n) is 10.1. The van der Waals surface area contributed by atoms with Crippen LogP contribution >= 0.6 is 38.5 Å². The van der Waals surface area contributed by atoms with Crippen LogP contribution in [0.1, 0.15) is 37.3 Å². The fourth-order valence-electron chi connectivity index (χ4n) is 1.86. The highest BCUT2D eigenvalue weighted by atomic mass is 127. The number of aliphatic hydroxyl groups is 1. The van der Waals surface area contributed by atoms with Crippen LogP contribution in [0, 0.1) is 3.57 Å². The smallest absolute Gasteiger partial charge is 0.123 e. The van der Waals surface area contributed by atoms with Crippen molar-refractivity contribution in [3.05, 3.63) is 49.8 Å². The van der Waals surface area contributed by atoms with Gasteiger partial charge in [-0.1, -0.05) is 18.2 Å². The lowest BCUT2D eigenvalue weighted by Crippen LogP contribution is -2.13. The number of aromatic nitrogens is 2. The number of aliphatic hydroxyl groups excluding tert-OH is 1. The van der Waals surface area contributed by atoms with E-state index < -0.39 is 6.10 Å². The Bertz CT molecular complexity index is 554. The van der Waals surface area contributed by atoms with Crippen molar-refractivity contribution in [1.82, 2.24) is 9.78 Å². The van der Waals surface area contributed by atoms with Gasteiger partial charge in [0.05, 0.1) is 16.4 Å². The van der Waals surface area contributed by atoms with Crippen molar-refractivity contribution in [2.45, 2.75) is 26.0 Å². The second-order valence-electron chi connectivity index (χ2n) is 4.34. The Morgan fingerprint density at radius 3 is 2.61 bits per heavy atom. The molecule has 2 aromatic rings. The van der Waals surface area contributed by atoms with Gasteiger partial charge in [-0.2, -0.15) is 5.10 Å². The van der Waals surface area contributed by atoms with Gasteiger partial charge in [-0.3, -0.25) is 4.68 Å². The summed E-state index contributed by atoms with van der Waals surface area (Å²) in [6.45, 7) is 4.09. The Balaban J connectivity index is 2.49. The monoisotopic (exact) mass is 420 g/mol. The summed E-state index contributed by atoms with van der Waals surface area (Å²) in [5.41, 5.74) is 1.70. The number of nitrogens with zero attached hydrogens (tertiary/aromatic N) is 2. The summed E-state index contributed by atoms with van der Waals surface area (Å²) in [5, 5.41) is 14.9. The van der Waals surface area contributed by atoms with Gasteiger partial charge >= 0.3 is 0 Å². The van der Waals surface area contributed by atoms with Crippen LogP contribution in [0.4, 0.5) is 0 Å². The predicted octanol–water partition coefficient (Wildman–Crippen LogP) is 3.91. The van der Waals surface area contributed by atoms with Crippen LogP contribution in [0.25, 0.3) is 0 Å². The first-order valence-corrected chi connectivity index (χ1v) is 7.55. The average Bonchev–Trinajstić information content (AvgIpc) is 2.71. The molecular formula is C13H14BrIN2O. The van der Waals surface area contributed by atoms with Gasteiger partial charge < -0.3 is 5.11 Å². The van der Waals surface area contributed by atoms with Crippen molar-refractivity contribution in [3.63, 3.8) is 0 Å². The SMILES string of the molecule is CC(C)n1ncc(Br)c1C(O)c1ccccc1I. The van der Waals surface area contributed by atoms with Crippen molar-refractivity contribution < 1.29 is 5.11 Å². The summed E-state index contributed by atoms with van der Waals surface area (Å²) in [4.78, 5) is 0. The normalized spacial score (nSPS) is 13.0. The maximum atomic E-state index is 10.6. The zero-order chi connectivity index (χ0) is 13.3. The topological polar surface area (TPSA) is 38.0 Å². The lowest BCUT2D eigenvalue weighted by atomic mass is 10.1. The molecule has 1 unspecified atom stereocenters. The molecule has 0 aliphatic rings. The van der Waals surface area contributed by atoms with Gasteiger partial charge in [0.1, 0.15) is 6.10 Å².